The number of nitrogen functional groups attached to an aromatic ring is 1. The molecule has 0 bridgehead atoms. The molecule has 4 heteroatoms. The maximum absolute atomic E-state index is 13.3. The van der Waals surface area contributed by atoms with Crippen molar-refractivity contribution in [1.29, 1.82) is 0 Å². The molecule has 2 aromatic rings. The summed E-state index contributed by atoms with van der Waals surface area (Å²) in [5.74, 6) is -1.12. The van der Waals surface area contributed by atoms with Crippen molar-refractivity contribution in [2.24, 2.45) is 0 Å². The van der Waals surface area contributed by atoms with Crippen molar-refractivity contribution in [3.05, 3.63) is 59.7 Å². The van der Waals surface area contributed by atoms with Gasteiger partial charge in [-0.1, -0.05) is 19.1 Å². The smallest absolute Gasteiger partial charge is 0.126 e. The van der Waals surface area contributed by atoms with Crippen LogP contribution in [-0.4, -0.2) is 6.54 Å². The summed E-state index contributed by atoms with van der Waals surface area (Å²) in [4.78, 5) is 2.03. The lowest BCUT2D eigenvalue weighted by Crippen LogP contribution is -2.24. The minimum Gasteiger partial charge on any atom is -0.397 e. The van der Waals surface area contributed by atoms with Crippen molar-refractivity contribution in [3.8, 4) is 0 Å². The Balaban J connectivity index is 2.28. The zero-order valence-corrected chi connectivity index (χ0v) is 11.4. The number of halogens is 2. The average molecular weight is 276 g/mol. The van der Waals surface area contributed by atoms with Crippen molar-refractivity contribution in [1.82, 2.24) is 0 Å². The third-order valence-electron chi connectivity index (χ3n) is 3.07. The minimum absolute atomic E-state index is 0.427. The average Bonchev–Trinajstić information content (AvgIpc) is 2.37. The van der Waals surface area contributed by atoms with E-state index in [1.54, 1.807) is 0 Å². The molecule has 0 heterocycles. The van der Waals surface area contributed by atoms with Gasteiger partial charge in [-0.25, -0.2) is 8.78 Å². The molecule has 0 fully saturated rings. The summed E-state index contributed by atoms with van der Waals surface area (Å²) >= 11 is 0. The van der Waals surface area contributed by atoms with Crippen LogP contribution in [0.1, 0.15) is 18.9 Å². The molecule has 0 spiro atoms. The van der Waals surface area contributed by atoms with Crippen LogP contribution >= 0.6 is 0 Å². The molecular formula is C16H18F2N2. The normalized spacial score (nSPS) is 10.6. The third-order valence-corrected chi connectivity index (χ3v) is 3.07. The maximum atomic E-state index is 13.3. The van der Waals surface area contributed by atoms with Gasteiger partial charge < -0.3 is 10.6 Å². The van der Waals surface area contributed by atoms with Crippen molar-refractivity contribution < 1.29 is 8.78 Å². The summed E-state index contributed by atoms with van der Waals surface area (Å²) in [6.07, 6.45) is 0.923. The number of rotatable bonds is 5. The van der Waals surface area contributed by atoms with E-state index in [-0.39, 0.29) is 0 Å². The van der Waals surface area contributed by atoms with Gasteiger partial charge >= 0.3 is 0 Å². The van der Waals surface area contributed by atoms with E-state index in [1.807, 2.05) is 29.2 Å². The molecule has 106 valence electrons. The first kappa shape index (κ1) is 14.3. The van der Waals surface area contributed by atoms with Crippen molar-refractivity contribution in [2.45, 2.75) is 19.9 Å². The molecule has 0 saturated carbocycles. The Bertz CT molecular complexity index is 564. The van der Waals surface area contributed by atoms with Crippen LogP contribution < -0.4 is 10.6 Å². The quantitative estimate of drug-likeness (QED) is 0.837. The first-order chi connectivity index (χ1) is 9.60. The number of hydrogen-bond acceptors (Lipinski definition) is 2. The van der Waals surface area contributed by atoms with E-state index in [9.17, 15) is 8.78 Å². The van der Waals surface area contributed by atoms with Crippen LogP contribution in [0.4, 0.5) is 20.2 Å². The first-order valence-corrected chi connectivity index (χ1v) is 6.64. The van der Waals surface area contributed by atoms with Gasteiger partial charge in [-0.15, -0.1) is 0 Å². The second-order valence-corrected chi connectivity index (χ2v) is 4.76. The predicted octanol–water partition coefficient (Wildman–Crippen LogP) is 3.96. The van der Waals surface area contributed by atoms with E-state index in [0.29, 0.717) is 17.8 Å². The van der Waals surface area contributed by atoms with Crippen LogP contribution in [-0.2, 0) is 6.54 Å². The molecule has 2 N–H and O–H groups in total. The highest BCUT2D eigenvalue weighted by atomic mass is 19.1. The van der Waals surface area contributed by atoms with Crippen LogP contribution in [0.15, 0.2) is 42.5 Å². The Morgan fingerprint density at radius 2 is 1.70 bits per heavy atom. The van der Waals surface area contributed by atoms with E-state index < -0.39 is 11.6 Å². The molecule has 2 rings (SSSR count). The molecule has 0 aromatic heterocycles. The van der Waals surface area contributed by atoms with Gasteiger partial charge in [0.25, 0.3) is 0 Å². The van der Waals surface area contributed by atoms with Gasteiger partial charge in [0.2, 0.25) is 0 Å². The van der Waals surface area contributed by atoms with Crippen LogP contribution in [0, 0.1) is 11.6 Å². The van der Waals surface area contributed by atoms with E-state index >= 15 is 0 Å². The lowest BCUT2D eigenvalue weighted by atomic mass is 10.1. The van der Waals surface area contributed by atoms with Gasteiger partial charge in [-0.2, -0.15) is 0 Å². The van der Waals surface area contributed by atoms with Gasteiger partial charge in [-0.3, -0.25) is 0 Å². The molecule has 0 atom stereocenters. The van der Waals surface area contributed by atoms with E-state index in [2.05, 4.69) is 6.92 Å². The monoisotopic (exact) mass is 276 g/mol. The Morgan fingerprint density at radius 3 is 2.30 bits per heavy atom. The summed E-state index contributed by atoms with van der Waals surface area (Å²) in [5.41, 5.74) is 8.12. The fourth-order valence-corrected chi connectivity index (χ4v) is 2.25. The number of nitrogens with zero attached hydrogens (tertiary/aromatic N) is 1. The van der Waals surface area contributed by atoms with Gasteiger partial charge in [0.15, 0.2) is 0 Å². The Hall–Kier alpha value is -2.10. The topological polar surface area (TPSA) is 29.3 Å². The van der Waals surface area contributed by atoms with Crippen molar-refractivity contribution in [2.75, 3.05) is 17.2 Å². The van der Waals surface area contributed by atoms with Crippen molar-refractivity contribution >= 4 is 11.4 Å². The summed E-state index contributed by atoms with van der Waals surface area (Å²) in [5, 5.41) is 0. The highest BCUT2D eigenvalue weighted by molar-refractivity contribution is 5.67. The van der Waals surface area contributed by atoms with Crippen molar-refractivity contribution in [3.63, 3.8) is 0 Å². The van der Waals surface area contributed by atoms with Crippen LogP contribution in [0.5, 0.6) is 0 Å². The molecule has 2 nitrogen and oxygen atoms in total. The molecule has 0 aliphatic heterocycles. The molecule has 0 aliphatic rings. The van der Waals surface area contributed by atoms with Crippen LogP contribution in [0.25, 0.3) is 0 Å². The fraction of sp³-hybridized carbons (Fsp3) is 0.250. The van der Waals surface area contributed by atoms with E-state index in [0.717, 1.165) is 24.7 Å². The Labute approximate surface area is 117 Å². The zero-order chi connectivity index (χ0) is 14.5. The number of hydrogen-bond donors (Lipinski definition) is 1. The number of benzene rings is 2. The molecule has 0 amide bonds. The number of anilines is 2. The maximum Gasteiger partial charge on any atom is 0.126 e. The molecule has 0 saturated heterocycles. The zero-order valence-electron chi connectivity index (χ0n) is 11.4. The lowest BCUT2D eigenvalue weighted by molar-refractivity contribution is 0.578. The van der Waals surface area contributed by atoms with Crippen LogP contribution in [0.2, 0.25) is 0 Å². The van der Waals surface area contributed by atoms with Gasteiger partial charge in [-0.05, 0) is 36.2 Å². The second kappa shape index (κ2) is 6.37. The number of para-hydroxylation sites is 2. The largest absolute Gasteiger partial charge is 0.397 e. The molecule has 0 aliphatic carbocycles. The highest BCUT2D eigenvalue weighted by Crippen LogP contribution is 2.25. The summed E-state index contributed by atoms with van der Waals surface area (Å²) in [6, 6.07) is 11.1. The SMILES string of the molecule is CCCN(Cc1cc(F)cc(F)c1)c1ccccc1N. The van der Waals surface area contributed by atoms with Gasteiger partial charge in [0.05, 0.1) is 11.4 Å². The fourth-order valence-electron chi connectivity index (χ4n) is 2.25. The Morgan fingerprint density at radius 1 is 1.05 bits per heavy atom. The number of nitrogens with two attached hydrogens (primary N) is 1. The standard InChI is InChI=1S/C16H18F2N2/c1-2-7-20(16-6-4-3-5-15(16)19)11-12-8-13(17)10-14(18)9-12/h3-6,8-10H,2,7,11,19H2,1H3. The minimum atomic E-state index is -0.558. The Kier molecular flexibility index (Phi) is 4.56. The van der Waals surface area contributed by atoms with Gasteiger partial charge in [0.1, 0.15) is 11.6 Å². The molecular weight excluding hydrogens is 258 g/mol. The highest BCUT2D eigenvalue weighted by Gasteiger charge is 2.10. The molecule has 0 unspecified atom stereocenters. The third kappa shape index (κ3) is 3.47. The predicted molar refractivity (Wildman–Crippen MR) is 78.6 cm³/mol. The molecule has 20 heavy (non-hydrogen) atoms. The first-order valence-electron chi connectivity index (χ1n) is 6.64. The van der Waals surface area contributed by atoms with Gasteiger partial charge in [0, 0.05) is 19.2 Å². The molecule has 2 aromatic carbocycles. The summed E-state index contributed by atoms with van der Waals surface area (Å²) in [7, 11) is 0. The van der Waals surface area contributed by atoms with E-state index in [4.69, 9.17) is 5.73 Å². The van der Waals surface area contributed by atoms with Crippen LogP contribution in [0.3, 0.4) is 0 Å². The summed E-state index contributed by atoms with van der Waals surface area (Å²) in [6.45, 7) is 3.25. The van der Waals surface area contributed by atoms with E-state index in [1.165, 1.54) is 12.1 Å². The lowest BCUT2D eigenvalue weighted by Gasteiger charge is -2.26. The molecule has 0 radical (unpaired) electrons. The summed E-state index contributed by atoms with van der Waals surface area (Å²) < 4.78 is 26.5. The second-order valence-electron chi connectivity index (χ2n) is 4.76.